The molecule has 388 valence electrons. The van der Waals surface area contributed by atoms with Crippen LogP contribution in [-0.4, -0.2) is 46.0 Å². The third-order valence-electron chi connectivity index (χ3n) is 14.3. The maximum absolute atomic E-state index is 11.4. The van der Waals surface area contributed by atoms with Crippen molar-refractivity contribution in [1.82, 2.24) is 0 Å². The molecule has 9 nitrogen and oxygen atoms in total. The van der Waals surface area contributed by atoms with Crippen LogP contribution < -0.4 is 0 Å². The minimum atomic E-state index is -0.234. The maximum atomic E-state index is 11.4. The Hall–Kier alpha value is -6.94. The van der Waals surface area contributed by atoms with Gasteiger partial charge in [0.05, 0.1) is 13.2 Å². The van der Waals surface area contributed by atoms with E-state index in [0.717, 1.165) is 119 Å². The lowest BCUT2D eigenvalue weighted by Crippen LogP contribution is -2.02. The third-order valence-corrected chi connectivity index (χ3v) is 14.3. The van der Waals surface area contributed by atoms with Gasteiger partial charge in [-0.25, -0.2) is 0 Å². The number of hydrogen-bond acceptors (Lipinski definition) is 9. The minimum absolute atomic E-state index is 0.0505. The van der Waals surface area contributed by atoms with Gasteiger partial charge in [-0.3, -0.25) is 0 Å². The Kier molecular flexibility index (Phi) is 19.2. The van der Waals surface area contributed by atoms with Crippen LogP contribution in [0.5, 0.6) is 40.2 Å². The lowest BCUT2D eigenvalue weighted by atomic mass is 9.88. The third kappa shape index (κ3) is 13.2. The highest BCUT2D eigenvalue weighted by Gasteiger charge is 2.20. The van der Waals surface area contributed by atoms with Crippen LogP contribution in [0.15, 0.2) is 72.8 Å². The fraction of sp³-hybridized carbons (Fsp3) is 0.344. The van der Waals surface area contributed by atoms with E-state index in [9.17, 15) is 46.0 Å². The van der Waals surface area contributed by atoms with Gasteiger partial charge >= 0.3 is 0 Å². The van der Waals surface area contributed by atoms with Crippen LogP contribution in [-0.2, 0) is 58.2 Å². The molecular weight excluding hydrogens is 913 g/mol. The van der Waals surface area contributed by atoms with Gasteiger partial charge in [-0.05, 0) is 183 Å². The number of benzene rings is 7. The highest BCUT2D eigenvalue weighted by Crippen LogP contribution is 2.38. The quantitative estimate of drug-likeness (QED) is 0.0543. The van der Waals surface area contributed by atoms with Crippen LogP contribution in [0.25, 0.3) is 0 Å². The summed E-state index contributed by atoms with van der Waals surface area (Å²) >= 11 is 0. The molecule has 0 atom stereocenters. The molecule has 7 rings (SSSR count). The molecule has 0 amide bonds. The first kappa shape index (κ1) is 57.0. The standard InChI is InChI=1S/C37H44O4.C17H20O4.C10H14O/c1-9-32-24(7)26(15-22(5)34(32)38)17-28-11-20(3)13-30(36(28)40)19-31-14-21(4)12-29(37(31)41)18-27-16-23(6)35(39)33(10-2)25(27)8;1-10-3-12(16(20)14(5-10)8-18)7-13-4-11(2)6-15(9-19)17(13)21;1-4-9-7(2)5-6-8(3)10(9)11/h11-16,38-41H,9-10,17-19H2,1-8H3;3-6,18-21H,7-9H2,1-2H3;5-6,11H,4H2,1-3H3. The summed E-state index contributed by atoms with van der Waals surface area (Å²) in [6, 6.07) is 23.2. The van der Waals surface area contributed by atoms with E-state index in [1.807, 2.05) is 144 Å². The van der Waals surface area contributed by atoms with E-state index in [0.29, 0.717) is 65.2 Å². The van der Waals surface area contributed by atoms with E-state index in [1.165, 1.54) is 5.56 Å². The van der Waals surface area contributed by atoms with E-state index >= 15 is 0 Å². The molecule has 0 aliphatic rings. The number of phenolic OH excluding ortho intramolecular Hbond substituents is 5. The molecule has 0 aliphatic heterocycles. The van der Waals surface area contributed by atoms with Crippen molar-refractivity contribution < 1.29 is 46.0 Å². The van der Waals surface area contributed by atoms with Crippen molar-refractivity contribution in [3.8, 4) is 40.2 Å². The molecule has 0 spiro atoms. The summed E-state index contributed by atoms with van der Waals surface area (Å²) in [5, 5.41) is 92.4. The van der Waals surface area contributed by atoms with Crippen LogP contribution in [0.3, 0.4) is 0 Å². The second-order valence-corrected chi connectivity index (χ2v) is 19.9. The van der Waals surface area contributed by atoms with Crippen molar-refractivity contribution in [2.75, 3.05) is 0 Å². The van der Waals surface area contributed by atoms with Crippen LogP contribution in [0.4, 0.5) is 0 Å². The summed E-state index contributed by atoms with van der Waals surface area (Å²) in [5.74, 6) is 1.78. The molecule has 0 saturated heterocycles. The summed E-state index contributed by atoms with van der Waals surface area (Å²) in [6.07, 6.45) is 4.25. The minimum Gasteiger partial charge on any atom is -0.507 e. The molecule has 9 heteroatoms. The van der Waals surface area contributed by atoms with Gasteiger partial charge in [0.15, 0.2) is 0 Å². The Bertz CT molecular complexity index is 2950. The maximum Gasteiger partial charge on any atom is 0.124 e. The zero-order valence-electron chi connectivity index (χ0n) is 45.3. The Morgan fingerprint density at radius 1 is 0.274 bits per heavy atom. The first-order chi connectivity index (χ1) is 34.5. The van der Waals surface area contributed by atoms with Crippen molar-refractivity contribution in [2.45, 2.75) is 148 Å². The zero-order chi connectivity index (χ0) is 54.2. The highest BCUT2D eigenvalue weighted by atomic mass is 16.3. The average Bonchev–Trinajstić information content (AvgIpc) is 3.34. The number of phenols is 7. The predicted octanol–water partition coefficient (Wildman–Crippen LogP) is 13.1. The summed E-state index contributed by atoms with van der Waals surface area (Å²) < 4.78 is 0. The SMILES string of the molecule is CCc1c(C)c(Cc2cc(C)cc(Cc3cc(C)cc(Cc4cc(C)c(O)c(CC)c4C)c3O)c2O)cc(C)c1O.CCc1c(C)ccc(C)c1O.Cc1cc(CO)c(O)c(Cc2cc(C)cc(CO)c2O)c1. The summed E-state index contributed by atoms with van der Waals surface area (Å²) in [4.78, 5) is 0. The summed E-state index contributed by atoms with van der Waals surface area (Å²) in [6.45, 7) is 25.4. The second kappa shape index (κ2) is 24.7. The monoisotopic (exact) mass is 991 g/mol. The summed E-state index contributed by atoms with van der Waals surface area (Å²) in [5.41, 5.74) is 20.5. The first-order valence-corrected chi connectivity index (χ1v) is 25.3. The van der Waals surface area contributed by atoms with Gasteiger partial charge in [0, 0.05) is 36.8 Å². The van der Waals surface area contributed by atoms with Crippen molar-refractivity contribution in [2.24, 2.45) is 0 Å². The van der Waals surface area contributed by atoms with Crippen molar-refractivity contribution in [3.05, 3.63) is 201 Å². The summed E-state index contributed by atoms with van der Waals surface area (Å²) in [7, 11) is 0. The highest BCUT2D eigenvalue weighted by molar-refractivity contribution is 5.57. The molecule has 9 N–H and O–H groups in total. The molecule has 73 heavy (non-hydrogen) atoms. The molecule has 0 aromatic heterocycles. The number of rotatable bonds is 13. The number of aliphatic hydroxyl groups is 2. The van der Waals surface area contributed by atoms with Gasteiger partial charge in [0.2, 0.25) is 0 Å². The van der Waals surface area contributed by atoms with E-state index < -0.39 is 0 Å². The van der Waals surface area contributed by atoms with Crippen LogP contribution in [0.1, 0.15) is 149 Å². The molecule has 7 aromatic rings. The molecule has 0 aliphatic carbocycles. The number of aliphatic hydroxyl groups excluding tert-OH is 2. The molecule has 0 unspecified atom stereocenters. The van der Waals surface area contributed by atoms with E-state index in [1.54, 1.807) is 12.1 Å². The van der Waals surface area contributed by atoms with Crippen LogP contribution in [0.2, 0.25) is 0 Å². The average molecular weight is 991 g/mol. The molecule has 0 radical (unpaired) electrons. The normalized spacial score (nSPS) is 11.0. The molecule has 0 saturated carbocycles. The largest absolute Gasteiger partial charge is 0.507 e. The van der Waals surface area contributed by atoms with Crippen molar-refractivity contribution >= 4 is 0 Å². The first-order valence-electron chi connectivity index (χ1n) is 25.3. The number of aromatic hydroxyl groups is 7. The Morgan fingerprint density at radius 3 is 0.795 bits per heavy atom. The zero-order valence-corrected chi connectivity index (χ0v) is 45.3. The van der Waals surface area contributed by atoms with Crippen LogP contribution in [0, 0.1) is 69.2 Å². The second-order valence-electron chi connectivity index (χ2n) is 19.9. The lowest BCUT2D eigenvalue weighted by Gasteiger charge is -2.18. The molecule has 0 fully saturated rings. The fourth-order valence-electron chi connectivity index (χ4n) is 10.2. The Balaban J connectivity index is 0.000000254. The Morgan fingerprint density at radius 2 is 0.521 bits per heavy atom. The number of hydrogen-bond donors (Lipinski definition) is 9. The van der Waals surface area contributed by atoms with Gasteiger partial charge in [0.25, 0.3) is 0 Å². The van der Waals surface area contributed by atoms with Crippen LogP contribution >= 0.6 is 0 Å². The van der Waals surface area contributed by atoms with Gasteiger partial charge in [0.1, 0.15) is 40.2 Å². The van der Waals surface area contributed by atoms with Gasteiger partial charge in [-0.1, -0.05) is 116 Å². The van der Waals surface area contributed by atoms with Crippen molar-refractivity contribution in [3.63, 3.8) is 0 Å². The molecular formula is C64H78O9. The lowest BCUT2D eigenvalue weighted by molar-refractivity contribution is 0.275. The van der Waals surface area contributed by atoms with Gasteiger partial charge in [-0.2, -0.15) is 0 Å². The van der Waals surface area contributed by atoms with E-state index in [4.69, 9.17) is 0 Å². The van der Waals surface area contributed by atoms with Crippen molar-refractivity contribution in [1.29, 1.82) is 0 Å². The number of aryl methyl sites for hydroxylation is 8. The molecule has 0 heterocycles. The Labute approximate surface area is 433 Å². The van der Waals surface area contributed by atoms with Gasteiger partial charge < -0.3 is 46.0 Å². The molecule has 7 aromatic carbocycles. The van der Waals surface area contributed by atoms with Gasteiger partial charge in [-0.15, -0.1) is 0 Å². The van der Waals surface area contributed by atoms with E-state index in [2.05, 4.69) is 6.92 Å². The predicted molar refractivity (Wildman–Crippen MR) is 295 cm³/mol. The topological polar surface area (TPSA) is 182 Å². The smallest absolute Gasteiger partial charge is 0.124 e. The fourth-order valence-corrected chi connectivity index (χ4v) is 10.2. The molecule has 0 bridgehead atoms. The van der Waals surface area contributed by atoms with E-state index in [-0.39, 0.29) is 36.2 Å².